The molecule has 0 bridgehead atoms. The van der Waals surface area contributed by atoms with Crippen LogP contribution < -0.4 is 15.4 Å². The van der Waals surface area contributed by atoms with Crippen molar-refractivity contribution < 1.29 is 23.9 Å². The number of carbonyl (C=O) groups is 4. The van der Waals surface area contributed by atoms with Crippen LogP contribution in [-0.2, 0) is 22.6 Å². The van der Waals surface area contributed by atoms with Crippen LogP contribution in [0.15, 0.2) is 36.5 Å². The summed E-state index contributed by atoms with van der Waals surface area (Å²) in [7, 11) is 0. The molecule has 1 aliphatic heterocycles. The summed E-state index contributed by atoms with van der Waals surface area (Å²) in [5.74, 6) is 0.626. The molecule has 10 nitrogen and oxygen atoms in total. The molecule has 0 saturated heterocycles. The van der Waals surface area contributed by atoms with Crippen LogP contribution in [0.25, 0.3) is 5.65 Å². The summed E-state index contributed by atoms with van der Waals surface area (Å²) in [6, 6.07) is 8.57. The van der Waals surface area contributed by atoms with Gasteiger partial charge in [-0.3, -0.25) is 19.2 Å². The van der Waals surface area contributed by atoms with Crippen molar-refractivity contribution in [2.45, 2.75) is 45.6 Å². The molecule has 5 rings (SSSR count). The van der Waals surface area contributed by atoms with E-state index < -0.39 is 5.91 Å². The lowest BCUT2D eigenvalue weighted by Gasteiger charge is -2.27. The van der Waals surface area contributed by atoms with Gasteiger partial charge in [-0.25, -0.2) is 9.50 Å². The van der Waals surface area contributed by atoms with Gasteiger partial charge in [0.25, 0.3) is 11.8 Å². The summed E-state index contributed by atoms with van der Waals surface area (Å²) in [6.45, 7) is 2.46. The van der Waals surface area contributed by atoms with Gasteiger partial charge in [-0.15, -0.1) is 0 Å². The largest absolute Gasteiger partial charge is 0.486 e. The lowest BCUT2D eigenvalue weighted by Crippen LogP contribution is -2.33. The number of benzene rings is 1. The van der Waals surface area contributed by atoms with Crippen LogP contribution in [0.4, 0.5) is 0 Å². The number of amides is 2. The molecule has 2 aliphatic rings. The second kappa shape index (κ2) is 10.5. The minimum Gasteiger partial charge on any atom is -0.486 e. The highest BCUT2D eigenvalue weighted by molar-refractivity contribution is 5.98. The first-order valence-corrected chi connectivity index (χ1v) is 12.6. The number of Topliss-reactive ketones (excluding diaryl/α,β-unsaturated/α-hetero) is 2. The Morgan fingerprint density at radius 3 is 2.65 bits per heavy atom. The monoisotopic (exact) mass is 503 g/mol. The van der Waals surface area contributed by atoms with E-state index >= 15 is 0 Å². The minimum atomic E-state index is -0.426. The van der Waals surface area contributed by atoms with E-state index in [1.807, 2.05) is 12.1 Å². The van der Waals surface area contributed by atoms with Crippen molar-refractivity contribution >= 4 is 29.0 Å². The van der Waals surface area contributed by atoms with E-state index in [1.54, 1.807) is 19.1 Å². The first-order valence-electron chi connectivity index (χ1n) is 12.6. The van der Waals surface area contributed by atoms with Gasteiger partial charge in [-0.1, -0.05) is 6.07 Å². The summed E-state index contributed by atoms with van der Waals surface area (Å²) in [6.07, 6.45) is 5.34. The van der Waals surface area contributed by atoms with Crippen molar-refractivity contribution in [2.24, 2.45) is 11.8 Å². The fourth-order valence-electron chi connectivity index (χ4n) is 5.01. The van der Waals surface area contributed by atoms with Crippen LogP contribution >= 0.6 is 0 Å². The molecule has 0 spiro atoms. The zero-order valence-corrected chi connectivity index (χ0v) is 20.7. The molecule has 2 N–H and O–H groups in total. The molecule has 3 heterocycles. The van der Waals surface area contributed by atoms with Crippen molar-refractivity contribution in [3.05, 3.63) is 59.0 Å². The van der Waals surface area contributed by atoms with Crippen molar-refractivity contribution in [1.82, 2.24) is 25.2 Å². The topological polar surface area (TPSA) is 132 Å². The molecule has 37 heavy (non-hydrogen) atoms. The Morgan fingerprint density at radius 2 is 1.86 bits per heavy atom. The Morgan fingerprint density at radius 1 is 1.05 bits per heavy atom. The molecule has 2 aromatic heterocycles. The molecule has 1 aromatic carbocycles. The van der Waals surface area contributed by atoms with Crippen LogP contribution in [-0.4, -0.2) is 51.1 Å². The Kier molecular flexibility index (Phi) is 6.98. The van der Waals surface area contributed by atoms with Gasteiger partial charge in [-0.2, -0.15) is 5.10 Å². The average Bonchev–Trinajstić information content (AvgIpc) is 3.38. The van der Waals surface area contributed by atoms with Gasteiger partial charge in [0.2, 0.25) is 0 Å². The normalized spacial score (nSPS) is 19.1. The molecule has 10 heteroatoms. The summed E-state index contributed by atoms with van der Waals surface area (Å²) in [5.41, 5.74) is 2.35. The van der Waals surface area contributed by atoms with Gasteiger partial charge < -0.3 is 15.4 Å². The Balaban J connectivity index is 1.24. The van der Waals surface area contributed by atoms with Crippen LogP contribution in [0.5, 0.6) is 5.75 Å². The smallest absolute Gasteiger partial charge is 0.270 e. The molecule has 192 valence electrons. The van der Waals surface area contributed by atoms with Gasteiger partial charge in [-0.05, 0) is 56.2 Å². The number of nitrogens with one attached hydrogen (secondary N) is 2. The van der Waals surface area contributed by atoms with Gasteiger partial charge in [0.05, 0.1) is 6.20 Å². The number of rotatable bonds is 7. The van der Waals surface area contributed by atoms with Gasteiger partial charge in [0.1, 0.15) is 29.5 Å². The van der Waals surface area contributed by atoms with E-state index in [-0.39, 0.29) is 47.9 Å². The minimum absolute atomic E-state index is 0.0153. The van der Waals surface area contributed by atoms with Crippen LogP contribution in [0.3, 0.4) is 0 Å². The number of fused-ring (bicyclic) bond motifs is 2. The van der Waals surface area contributed by atoms with E-state index in [2.05, 4.69) is 20.7 Å². The highest BCUT2D eigenvalue weighted by atomic mass is 16.5. The second-order valence-corrected chi connectivity index (χ2v) is 9.80. The highest BCUT2D eigenvalue weighted by Crippen LogP contribution is 2.29. The quantitative estimate of drug-likeness (QED) is 0.506. The van der Waals surface area contributed by atoms with E-state index in [9.17, 15) is 19.2 Å². The fraction of sp³-hybridized carbons (Fsp3) is 0.407. The maximum absolute atomic E-state index is 13.1. The zero-order chi connectivity index (χ0) is 25.9. The molecular formula is C27H29N5O5. The predicted octanol–water partition coefficient (Wildman–Crippen LogP) is 2.29. The molecule has 0 unspecified atom stereocenters. The van der Waals surface area contributed by atoms with Gasteiger partial charge in [0, 0.05) is 43.1 Å². The number of carbonyl (C=O) groups excluding carboxylic acids is 4. The molecule has 0 radical (unpaired) electrons. The Bertz CT molecular complexity index is 1370. The lowest BCUT2D eigenvalue weighted by molar-refractivity contribution is -0.122. The zero-order valence-electron chi connectivity index (χ0n) is 20.7. The fourth-order valence-corrected chi connectivity index (χ4v) is 5.01. The second-order valence-electron chi connectivity index (χ2n) is 9.80. The summed E-state index contributed by atoms with van der Waals surface area (Å²) >= 11 is 0. The average molecular weight is 504 g/mol. The van der Waals surface area contributed by atoms with Crippen molar-refractivity contribution in [2.75, 3.05) is 13.2 Å². The molecule has 2 amide bonds. The first kappa shape index (κ1) is 24.6. The molecule has 0 atom stereocenters. The molecule has 3 aromatic rings. The first-order chi connectivity index (χ1) is 17.9. The summed E-state index contributed by atoms with van der Waals surface area (Å²) in [5, 5.41) is 9.99. The van der Waals surface area contributed by atoms with E-state index in [1.165, 1.54) is 16.8 Å². The number of aromatic nitrogens is 3. The van der Waals surface area contributed by atoms with Crippen LogP contribution in [0.1, 0.15) is 64.7 Å². The lowest BCUT2D eigenvalue weighted by atomic mass is 9.80. The Hall–Kier alpha value is -4.08. The number of nitrogens with zero attached hydrogens (tertiary/aromatic N) is 3. The summed E-state index contributed by atoms with van der Waals surface area (Å²) < 4.78 is 6.84. The third kappa shape index (κ3) is 5.52. The van der Waals surface area contributed by atoms with Crippen LogP contribution in [0, 0.1) is 11.8 Å². The van der Waals surface area contributed by atoms with E-state index in [0.717, 1.165) is 36.8 Å². The van der Waals surface area contributed by atoms with Crippen molar-refractivity contribution in [1.29, 1.82) is 0 Å². The number of hydrogen-bond acceptors (Lipinski definition) is 7. The molecule has 1 fully saturated rings. The molecule has 1 aliphatic carbocycles. The van der Waals surface area contributed by atoms with E-state index in [4.69, 9.17) is 4.74 Å². The standard InChI is InChI=1S/C27H29N5O5/c1-16(33)19-5-2-17(3-6-19)13-29-27(36)23-12-22(31-25-8-9-30-32(23)25)26(35)28-14-18-4-7-24-20(10-18)11-21(34)15-37-24/h4,7-10,12,17,19H,2-3,5-6,11,13-15H2,1H3,(H,28,35)(H,29,36). The third-order valence-electron chi connectivity index (χ3n) is 7.15. The SMILES string of the molecule is CC(=O)C1CCC(CNC(=O)c2cc(C(=O)NCc3ccc4c(c3)CC(=O)CO4)nc3ccnn23)CC1. The van der Waals surface area contributed by atoms with E-state index in [0.29, 0.717) is 30.3 Å². The van der Waals surface area contributed by atoms with Gasteiger partial charge >= 0.3 is 0 Å². The number of ketones is 2. The van der Waals surface area contributed by atoms with Crippen molar-refractivity contribution in [3.63, 3.8) is 0 Å². The number of hydrogen-bond donors (Lipinski definition) is 2. The molecule has 1 saturated carbocycles. The van der Waals surface area contributed by atoms with Gasteiger partial charge in [0.15, 0.2) is 11.4 Å². The maximum atomic E-state index is 13.1. The number of ether oxygens (including phenoxy) is 1. The summed E-state index contributed by atoms with van der Waals surface area (Å²) in [4.78, 5) is 53.7. The molecular weight excluding hydrogens is 474 g/mol. The van der Waals surface area contributed by atoms with Crippen LogP contribution in [0.2, 0.25) is 0 Å². The predicted molar refractivity (Wildman–Crippen MR) is 133 cm³/mol. The maximum Gasteiger partial charge on any atom is 0.270 e. The highest BCUT2D eigenvalue weighted by Gasteiger charge is 2.25. The van der Waals surface area contributed by atoms with Crippen molar-refractivity contribution in [3.8, 4) is 5.75 Å². The third-order valence-corrected chi connectivity index (χ3v) is 7.15. The Labute approximate surface area is 213 Å².